The number of sulfone groups is 1. The maximum Gasteiger partial charge on any atom is 0.246 e. The highest BCUT2D eigenvalue weighted by atomic mass is 32.2. The van der Waals surface area contributed by atoms with Crippen molar-refractivity contribution in [2.24, 2.45) is 15.5 Å². The summed E-state index contributed by atoms with van der Waals surface area (Å²) in [6, 6.07) is 6.99. The van der Waals surface area contributed by atoms with E-state index in [9.17, 15) is 23.1 Å². The Labute approximate surface area is 352 Å². The molecule has 1 aromatic heterocycles. The number of aliphatic hydroxyl groups is 1. The summed E-state index contributed by atoms with van der Waals surface area (Å²) in [5, 5.41) is 29.7. The van der Waals surface area contributed by atoms with Crippen molar-refractivity contribution in [3.8, 4) is 11.4 Å². The Kier molecular flexibility index (Phi) is 17.0. The van der Waals surface area contributed by atoms with Crippen LogP contribution in [0.15, 0.2) is 34.4 Å². The fourth-order valence-electron chi connectivity index (χ4n) is 7.61. The molecule has 14 heteroatoms. The highest BCUT2D eigenvalue weighted by molar-refractivity contribution is 7.90. The molecule has 1 aliphatic rings. The minimum atomic E-state index is -3.39. The SMILES string of the molecule is CCCCCCCCCCCC(=O)NC(CCS(C)(=O)=O)C(=O)Nc1c(C)cc(C)c(-c2nnc3n2N=C(C(C)(C)C)C3=Nc2ccc(N(CC)CCO)cc2C)c1C. The highest BCUT2D eigenvalue weighted by Gasteiger charge is 2.36. The van der Waals surface area contributed by atoms with Crippen molar-refractivity contribution in [3.05, 3.63) is 52.3 Å². The van der Waals surface area contributed by atoms with Gasteiger partial charge in [-0.3, -0.25) is 9.59 Å². The number of hydrogen-bond acceptors (Lipinski definition) is 10. The molecule has 1 unspecified atom stereocenters. The van der Waals surface area contributed by atoms with Gasteiger partial charge in [0.2, 0.25) is 17.6 Å². The summed E-state index contributed by atoms with van der Waals surface area (Å²) in [4.78, 5) is 34.3. The molecule has 59 heavy (non-hydrogen) atoms. The molecule has 0 bridgehead atoms. The van der Waals surface area contributed by atoms with Crippen molar-refractivity contribution < 1.29 is 23.1 Å². The Morgan fingerprint density at radius 1 is 0.898 bits per heavy atom. The molecular weight excluding hydrogens is 765 g/mol. The number of likely N-dealkylation sites (N-methyl/N-ethyl adjacent to an activating group) is 1. The number of rotatable bonds is 22. The largest absolute Gasteiger partial charge is 0.395 e. The number of carbonyl (C=O) groups is 2. The lowest BCUT2D eigenvalue weighted by atomic mass is 9.87. The van der Waals surface area contributed by atoms with Gasteiger partial charge in [0.25, 0.3) is 0 Å². The zero-order valence-electron chi connectivity index (χ0n) is 37.2. The number of anilines is 2. The van der Waals surface area contributed by atoms with E-state index in [1.807, 2.05) is 45.9 Å². The summed E-state index contributed by atoms with van der Waals surface area (Å²) in [6.07, 6.45) is 11.5. The maximum absolute atomic E-state index is 14.0. The van der Waals surface area contributed by atoms with Crippen LogP contribution in [0.5, 0.6) is 0 Å². The number of aromatic nitrogens is 3. The van der Waals surface area contributed by atoms with Crippen molar-refractivity contribution in [2.75, 3.05) is 41.9 Å². The van der Waals surface area contributed by atoms with Gasteiger partial charge in [-0.25, -0.2) is 13.4 Å². The van der Waals surface area contributed by atoms with E-state index in [2.05, 4.69) is 66.4 Å². The first kappa shape index (κ1) is 47.3. The molecule has 3 aromatic rings. The number of aliphatic hydroxyl groups excluding tert-OH is 1. The van der Waals surface area contributed by atoms with Crippen molar-refractivity contribution in [1.82, 2.24) is 20.2 Å². The van der Waals surface area contributed by atoms with Gasteiger partial charge in [-0.15, -0.1) is 10.2 Å². The van der Waals surface area contributed by atoms with E-state index < -0.39 is 21.8 Å². The fraction of sp³-hybridized carbons (Fsp3) is 0.600. The smallest absolute Gasteiger partial charge is 0.246 e. The molecule has 2 aromatic carbocycles. The Hall–Kier alpha value is -4.43. The number of nitrogens with one attached hydrogen (secondary N) is 2. The van der Waals surface area contributed by atoms with Crippen molar-refractivity contribution in [2.45, 2.75) is 139 Å². The van der Waals surface area contributed by atoms with Gasteiger partial charge in [-0.05, 0) is 87.9 Å². The van der Waals surface area contributed by atoms with E-state index in [-0.39, 0.29) is 36.5 Å². The first-order valence-electron chi connectivity index (χ1n) is 21.4. The van der Waals surface area contributed by atoms with Gasteiger partial charge in [0.15, 0.2) is 5.82 Å². The molecule has 0 saturated carbocycles. The molecular formula is C45H68N8O5S. The molecule has 0 radical (unpaired) electrons. The third kappa shape index (κ3) is 12.8. The van der Waals surface area contributed by atoms with Crippen LogP contribution in [-0.2, 0) is 19.4 Å². The third-order valence-electron chi connectivity index (χ3n) is 10.9. The van der Waals surface area contributed by atoms with Crippen LogP contribution in [0.1, 0.15) is 133 Å². The summed E-state index contributed by atoms with van der Waals surface area (Å²) in [6.45, 7) is 19.7. The van der Waals surface area contributed by atoms with Crippen LogP contribution >= 0.6 is 0 Å². The molecule has 324 valence electrons. The number of benzene rings is 2. The van der Waals surface area contributed by atoms with Gasteiger partial charge in [0.05, 0.1) is 23.8 Å². The van der Waals surface area contributed by atoms with E-state index in [1.54, 1.807) is 4.68 Å². The molecule has 4 rings (SSSR count). The van der Waals surface area contributed by atoms with Crippen LogP contribution in [0.25, 0.3) is 11.4 Å². The predicted octanol–water partition coefficient (Wildman–Crippen LogP) is 8.16. The van der Waals surface area contributed by atoms with Crippen LogP contribution in [-0.4, -0.2) is 89.4 Å². The van der Waals surface area contributed by atoms with E-state index in [0.717, 1.165) is 77.0 Å². The minimum Gasteiger partial charge on any atom is -0.395 e. The average Bonchev–Trinajstić information content (AvgIpc) is 3.74. The number of carbonyl (C=O) groups excluding carboxylic acids is 2. The Bertz CT molecular complexity index is 2120. The summed E-state index contributed by atoms with van der Waals surface area (Å²) < 4.78 is 26.1. The number of amides is 2. The van der Waals surface area contributed by atoms with Gasteiger partial charge >= 0.3 is 0 Å². The molecule has 1 atom stereocenters. The number of hydrogen-bond donors (Lipinski definition) is 3. The lowest BCUT2D eigenvalue weighted by Gasteiger charge is -2.23. The molecule has 1 aliphatic heterocycles. The number of unbranched alkanes of at least 4 members (excludes halogenated alkanes) is 8. The molecule has 2 amide bonds. The zero-order chi connectivity index (χ0) is 43.5. The minimum absolute atomic E-state index is 0.0448. The third-order valence-corrected chi connectivity index (χ3v) is 11.9. The van der Waals surface area contributed by atoms with Crippen LogP contribution in [0.3, 0.4) is 0 Å². The number of aryl methyl sites for hydroxylation is 3. The maximum atomic E-state index is 14.0. The summed E-state index contributed by atoms with van der Waals surface area (Å²) in [5.74, 6) is 0.0113. The zero-order valence-corrected chi connectivity index (χ0v) is 38.0. The van der Waals surface area contributed by atoms with Crippen LogP contribution in [0, 0.1) is 33.1 Å². The van der Waals surface area contributed by atoms with Crippen molar-refractivity contribution >= 4 is 50.1 Å². The van der Waals surface area contributed by atoms with Crippen LogP contribution in [0.4, 0.5) is 17.1 Å². The fourth-order valence-corrected chi connectivity index (χ4v) is 8.27. The van der Waals surface area contributed by atoms with Gasteiger partial charge in [-0.2, -0.15) is 9.78 Å². The molecule has 3 N–H and O–H groups in total. The lowest BCUT2D eigenvalue weighted by molar-refractivity contribution is -0.126. The first-order chi connectivity index (χ1) is 27.9. The average molecular weight is 833 g/mol. The molecule has 0 spiro atoms. The Morgan fingerprint density at radius 3 is 2.14 bits per heavy atom. The number of nitrogens with zero attached hydrogens (tertiary/aromatic N) is 6. The second-order valence-electron chi connectivity index (χ2n) is 17.1. The summed E-state index contributed by atoms with van der Waals surface area (Å²) in [5.41, 5.74) is 7.49. The molecule has 0 saturated heterocycles. The van der Waals surface area contributed by atoms with E-state index in [0.29, 0.717) is 36.0 Å². The molecule has 0 aliphatic carbocycles. The normalized spacial score (nSPS) is 14.0. The Balaban J connectivity index is 1.61. The Morgan fingerprint density at radius 2 is 1.54 bits per heavy atom. The lowest BCUT2D eigenvalue weighted by Crippen LogP contribution is -2.45. The molecule has 2 heterocycles. The van der Waals surface area contributed by atoms with Crippen LogP contribution < -0.4 is 15.5 Å². The summed E-state index contributed by atoms with van der Waals surface area (Å²) >= 11 is 0. The van der Waals surface area contributed by atoms with E-state index >= 15 is 0 Å². The quantitative estimate of drug-likeness (QED) is 0.0852. The van der Waals surface area contributed by atoms with Gasteiger partial charge < -0.3 is 20.6 Å². The topological polar surface area (TPSA) is 171 Å². The summed E-state index contributed by atoms with van der Waals surface area (Å²) in [7, 11) is -3.39. The molecule has 13 nitrogen and oxygen atoms in total. The van der Waals surface area contributed by atoms with Gasteiger partial charge in [-0.1, -0.05) is 85.1 Å². The second kappa shape index (κ2) is 21.2. The highest BCUT2D eigenvalue weighted by Crippen LogP contribution is 2.37. The predicted molar refractivity (Wildman–Crippen MR) is 241 cm³/mol. The first-order valence-corrected chi connectivity index (χ1v) is 23.5. The standard InChI is InChI=1S/C45H68N8O5S/c1-11-13-14-15-16-17-18-19-20-21-37(55)46-36(24-27-59(10,57)58)44(56)48-39-32(5)28-31(4)38(33(39)6)42-49-50-43-40(41(45(7,8)9)51-53(42)43)47-35-23-22-34(29-30(35)3)52(12-2)25-26-54/h22-23,28-29,36,54H,11-21,24-27H2,1-10H3,(H,46,55)(H,48,56). The van der Waals surface area contributed by atoms with Gasteiger partial charge in [0.1, 0.15) is 21.6 Å². The van der Waals surface area contributed by atoms with Crippen LogP contribution in [0.2, 0.25) is 0 Å². The van der Waals surface area contributed by atoms with Crippen molar-refractivity contribution in [3.63, 3.8) is 0 Å². The monoisotopic (exact) mass is 833 g/mol. The number of aliphatic imine (C=N–C) groups is 1. The van der Waals surface area contributed by atoms with E-state index in [4.69, 9.17) is 10.1 Å². The number of fused-ring (bicyclic) bond motifs is 1. The van der Waals surface area contributed by atoms with E-state index in [1.165, 1.54) is 32.1 Å². The second-order valence-corrected chi connectivity index (χ2v) is 19.3. The van der Waals surface area contributed by atoms with Crippen molar-refractivity contribution in [1.29, 1.82) is 0 Å². The van der Waals surface area contributed by atoms with Gasteiger partial charge in [0, 0.05) is 48.1 Å². The molecule has 0 fully saturated rings.